The van der Waals surface area contributed by atoms with E-state index in [0.717, 1.165) is 11.3 Å². The minimum atomic E-state index is -0.237. The fourth-order valence-corrected chi connectivity index (χ4v) is 2.74. The Bertz CT molecular complexity index is 702. The number of hydrogen-bond acceptors (Lipinski definition) is 4. The second-order valence-electron chi connectivity index (χ2n) is 5.26. The lowest BCUT2D eigenvalue weighted by molar-refractivity contribution is 0.412. The summed E-state index contributed by atoms with van der Waals surface area (Å²) in [5.41, 5.74) is 7.51. The lowest BCUT2D eigenvalue weighted by atomic mass is 9.93. The Morgan fingerprint density at radius 3 is 2.82 bits per heavy atom. The number of nitrogens with two attached hydrogens (primary N) is 1. The molecule has 0 saturated carbocycles. The van der Waals surface area contributed by atoms with Crippen molar-refractivity contribution in [2.45, 2.75) is 18.5 Å². The first-order chi connectivity index (χ1) is 10.7. The van der Waals surface area contributed by atoms with E-state index in [4.69, 9.17) is 10.5 Å². The van der Waals surface area contributed by atoms with Crippen molar-refractivity contribution in [2.75, 3.05) is 7.11 Å². The molecule has 0 fully saturated rings. The molecule has 1 aliphatic heterocycles. The molecule has 0 aliphatic carbocycles. The van der Waals surface area contributed by atoms with Crippen molar-refractivity contribution in [3.05, 3.63) is 65.5 Å². The van der Waals surface area contributed by atoms with Crippen molar-refractivity contribution in [1.29, 1.82) is 0 Å². The summed E-state index contributed by atoms with van der Waals surface area (Å²) < 4.78 is 19.3. The highest BCUT2D eigenvalue weighted by molar-refractivity contribution is 5.79. The predicted octanol–water partition coefficient (Wildman–Crippen LogP) is 2.92. The summed E-state index contributed by atoms with van der Waals surface area (Å²) in [6.07, 6.45) is 0.634. The lowest BCUT2D eigenvalue weighted by Crippen LogP contribution is -2.39. The zero-order valence-electron chi connectivity index (χ0n) is 12.3. The number of hydrogen-bond donors (Lipinski definition) is 2. The summed E-state index contributed by atoms with van der Waals surface area (Å²) in [6.45, 7) is 0. The predicted molar refractivity (Wildman–Crippen MR) is 84.3 cm³/mol. The van der Waals surface area contributed by atoms with Crippen LogP contribution >= 0.6 is 0 Å². The first-order valence-corrected chi connectivity index (χ1v) is 7.15. The second kappa shape index (κ2) is 6.05. The highest BCUT2D eigenvalue weighted by Crippen LogP contribution is 2.34. The summed E-state index contributed by atoms with van der Waals surface area (Å²) in [6, 6.07) is 14.1. The Labute approximate surface area is 128 Å². The van der Waals surface area contributed by atoms with Crippen molar-refractivity contribution in [1.82, 2.24) is 5.32 Å². The van der Waals surface area contributed by atoms with Gasteiger partial charge < -0.3 is 15.8 Å². The SMILES string of the molecule is COc1cccc(C2CC(c3ccccc3F)NC(N)=N2)c1. The molecule has 4 nitrogen and oxygen atoms in total. The molecule has 2 atom stereocenters. The van der Waals surface area contributed by atoms with Crippen LogP contribution in [-0.2, 0) is 0 Å². The minimum Gasteiger partial charge on any atom is -0.497 e. The van der Waals surface area contributed by atoms with Gasteiger partial charge in [0.25, 0.3) is 0 Å². The number of benzene rings is 2. The third-order valence-electron chi connectivity index (χ3n) is 3.84. The number of nitrogens with one attached hydrogen (secondary N) is 1. The van der Waals surface area contributed by atoms with Crippen molar-refractivity contribution in [3.8, 4) is 5.75 Å². The number of methoxy groups -OCH3 is 1. The van der Waals surface area contributed by atoms with Crippen LogP contribution in [0.15, 0.2) is 53.5 Å². The van der Waals surface area contributed by atoms with Crippen LogP contribution in [0, 0.1) is 5.82 Å². The molecule has 2 aromatic carbocycles. The standard InChI is InChI=1S/C17H18FN3O/c1-22-12-6-4-5-11(9-12)15-10-16(21-17(19)20-15)13-7-2-3-8-14(13)18/h2-9,15-16H,10H2,1H3,(H3,19,20,21). The number of halogens is 1. The molecule has 0 bridgehead atoms. The van der Waals surface area contributed by atoms with E-state index >= 15 is 0 Å². The van der Waals surface area contributed by atoms with Crippen molar-refractivity contribution in [2.24, 2.45) is 10.7 Å². The summed E-state index contributed by atoms with van der Waals surface area (Å²) in [4.78, 5) is 4.44. The van der Waals surface area contributed by atoms with Gasteiger partial charge in [0.15, 0.2) is 5.96 Å². The van der Waals surface area contributed by atoms with E-state index in [1.54, 1.807) is 19.2 Å². The molecule has 1 aliphatic rings. The Morgan fingerprint density at radius 2 is 2.05 bits per heavy atom. The molecule has 0 saturated heterocycles. The summed E-state index contributed by atoms with van der Waals surface area (Å²) >= 11 is 0. The van der Waals surface area contributed by atoms with E-state index in [1.165, 1.54) is 6.07 Å². The molecule has 114 valence electrons. The van der Waals surface area contributed by atoms with Gasteiger partial charge in [-0.25, -0.2) is 9.38 Å². The second-order valence-corrected chi connectivity index (χ2v) is 5.26. The van der Waals surface area contributed by atoms with Gasteiger partial charge in [-0.05, 0) is 30.2 Å². The van der Waals surface area contributed by atoms with E-state index in [2.05, 4.69) is 10.3 Å². The third-order valence-corrected chi connectivity index (χ3v) is 3.84. The zero-order valence-corrected chi connectivity index (χ0v) is 12.3. The van der Waals surface area contributed by atoms with E-state index in [-0.39, 0.29) is 17.9 Å². The molecule has 2 aromatic rings. The molecule has 0 aromatic heterocycles. The van der Waals surface area contributed by atoms with Gasteiger partial charge in [0.2, 0.25) is 0 Å². The maximum Gasteiger partial charge on any atom is 0.189 e. The number of ether oxygens (including phenoxy) is 1. The van der Waals surface area contributed by atoms with Crippen molar-refractivity contribution >= 4 is 5.96 Å². The van der Waals surface area contributed by atoms with Crippen molar-refractivity contribution < 1.29 is 9.13 Å². The Hall–Kier alpha value is -2.56. The normalized spacial score (nSPS) is 20.9. The van der Waals surface area contributed by atoms with E-state index < -0.39 is 0 Å². The fourth-order valence-electron chi connectivity index (χ4n) is 2.74. The Morgan fingerprint density at radius 1 is 1.23 bits per heavy atom. The van der Waals surface area contributed by atoms with Crippen LogP contribution in [-0.4, -0.2) is 13.1 Å². The molecule has 3 N–H and O–H groups in total. The van der Waals surface area contributed by atoms with Crippen LogP contribution in [0.25, 0.3) is 0 Å². The lowest BCUT2D eigenvalue weighted by Gasteiger charge is -2.29. The largest absolute Gasteiger partial charge is 0.497 e. The monoisotopic (exact) mass is 299 g/mol. The maximum absolute atomic E-state index is 14.0. The van der Waals surface area contributed by atoms with E-state index in [0.29, 0.717) is 17.9 Å². The zero-order chi connectivity index (χ0) is 15.5. The number of nitrogens with zero attached hydrogens (tertiary/aromatic N) is 1. The van der Waals surface area contributed by atoms with Gasteiger partial charge in [-0.1, -0.05) is 30.3 Å². The quantitative estimate of drug-likeness (QED) is 0.916. The van der Waals surface area contributed by atoms with Gasteiger partial charge in [0, 0.05) is 5.56 Å². The Balaban J connectivity index is 1.90. The molecule has 1 heterocycles. The highest BCUT2D eigenvalue weighted by Gasteiger charge is 2.26. The summed E-state index contributed by atoms with van der Waals surface area (Å²) in [7, 11) is 1.63. The van der Waals surface area contributed by atoms with E-state index in [1.807, 2.05) is 30.3 Å². The van der Waals surface area contributed by atoms with Crippen LogP contribution in [0.3, 0.4) is 0 Å². The first-order valence-electron chi connectivity index (χ1n) is 7.15. The third kappa shape index (κ3) is 2.88. The molecule has 0 radical (unpaired) electrons. The average Bonchev–Trinajstić information content (AvgIpc) is 2.55. The summed E-state index contributed by atoms with van der Waals surface area (Å²) in [5.74, 6) is 0.860. The molecule has 0 spiro atoms. The van der Waals surface area contributed by atoms with Gasteiger partial charge in [-0.3, -0.25) is 0 Å². The molecular weight excluding hydrogens is 281 g/mol. The van der Waals surface area contributed by atoms with Gasteiger partial charge in [0.05, 0.1) is 19.2 Å². The van der Waals surface area contributed by atoms with Gasteiger partial charge in [0.1, 0.15) is 11.6 Å². The molecule has 3 rings (SSSR count). The topological polar surface area (TPSA) is 59.6 Å². The molecule has 0 amide bonds. The summed E-state index contributed by atoms with van der Waals surface area (Å²) in [5, 5.41) is 3.06. The fraction of sp³-hybridized carbons (Fsp3) is 0.235. The number of rotatable bonds is 3. The Kier molecular flexibility index (Phi) is 3.96. The minimum absolute atomic E-state index is 0.124. The smallest absolute Gasteiger partial charge is 0.189 e. The van der Waals surface area contributed by atoms with Crippen LogP contribution < -0.4 is 15.8 Å². The molecule has 5 heteroatoms. The van der Waals surface area contributed by atoms with Gasteiger partial charge >= 0.3 is 0 Å². The van der Waals surface area contributed by atoms with Crippen LogP contribution in [0.5, 0.6) is 5.75 Å². The van der Waals surface area contributed by atoms with E-state index in [9.17, 15) is 4.39 Å². The maximum atomic E-state index is 14.0. The van der Waals surface area contributed by atoms with Crippen LogP contribution in [0.1, 0.15) is 29.6 Å². The van der Waals surface area contributed by atoms with Gasteiger partial charge in [-0.2, -0.15) is 0 Å². The van der Waals surface area contributed by atoms with Gasteiger partial charge in [-0.15, -0.1) is 0 Å². The highest BCUT2D eigenvalue weighted by atomic mass is 19.1. The molecule has 22 heavy (non-hydrogen) atoms. The van der Waals surface area contributed by atoms with Crippen LogP contribution in [0.2, 0.25) is 0 Å². The van der Waals surface area contributed by atoms with Crippen LogP contribution in [0.4, 0.5) is 4.39 Å². The number of guanidine groups is 1. The average molecular weight is 299 g/mol. The molecule has 2 unspecified atom stereocenters. The number of aliphatic imine (C=N–C) groups is 1. The van der Waals surface area contributed by atoms with Crippen molar-refractivity contribution in [3.63, 3.8) is 0 Å². The molecular formula is C17H18FN3O. The first kappa shape index (κ1) is 14.4.